The van der Waals surface area contributed by atoms with E-state index in [9.17, 15) is 0 Å². The van der Waals surface area contributed by atoms with Crippen molar-refractivity contribution in [2.24, 2.45) is 0 Å². The molecule has 1 rings (SSSR count). The molecule has 2 nitrogen and oxygen atoms in total. The number of hydrogen-bond acceptors (Lipinski definition) is 2. The summed E-state index contributed by atoms with van der Waals surface area (Å²) in [5.74, 6) is 0. The van der Waals surface area contributed by atoms with Crippen LogP contribution >= 0.6 is 0 Å². The lowest BCUT2D eigenvalue weighted by molar-refractivity contribution is -0.100. The Bertz CT molecular complexity index is 137. The predicted octanol–water partition coefficient (Wildman–Crippen LogP) is 2.33. The summed E-state index contributed by atoms with van der Waals surface area (Å²) >= 11 is 0. The van der Waals surface area contributed by atoms with E-state index in [1.807, 2.05) is 0 Å². The molecule has 1 heterocycles. The van der Waals surface area contributed by atoms with E-state index in [0.29, 0.717) is 6.10 Å². The third-order valence-corrected chi connectivity index (χ3v) is 3.02. The standard InChI is InChI=1S/C11H23NO/c1-4-10(5-2)13-11(3)6-8-12-9-7-11/h10,12H,4-9H2,1-3H3. The zero-order valence-corrected chi connectivity index (χ0v) is 9.23. The molecule has 0 radical (unpaired) electrons. The van der Waals surface area contributed by atoms with Crippen molar-refractivity contribution < 1.29 is 4.74 Å². The van der Waals surface area contributed by atoms with Gasteiger partial charge in [-0.25, -0.2) is 0 Å². The maximum atomic E-state index is 6.14. The van der Waals surface area contributed by atoms with Gasteiger partial charge in [0, 0.05) is 0 Å². The van der Waals surface area contributed by atoms with Crippen LogP contribution < -0.4 is 5.32 Å². The summed E-state index contributed by atoms with van der Waals surface area (Å²) in [5, 5.41) is 3.37. The Morgan fingerprint density at radius 2 is 1.77 bits per heavy atom. The fourth-order valence-electron chi connectivity index (χ4n) is 1.93. The lowest BCUT2D eigenvalue weighted by atomic mass is 9.94. The van der Waals surface area contributed by atoms with Crippen LogP contribution in [0.25, 0.3) is 0 Å². The van der Waals surface area contributed by atoms with Crippen LogP contribution in [0.3, 0.4) is 0 Å². The Morgan fingerprint density at radius 1 is 1.23 bits per heavy atom. The van der Waals surface area contributed by atoms with Gasteiger partial charge in [0.25, 0.3) is 0 Å². The first-order valence-corrected chi connectivity index (χ1v) is 5.58. The summed E-state index contributed by atoms with van der Waals surface area (Å²) in [6, 6.07) is 0. The van der Waals surface area contributed by atoms with E-state index in [4.69, 9.17) is 4.74 Å². The number of piperidine rings is 1. The molecule has 0 saturated carbocycles. The van der Waals surface area contributed by atoms with E-state index in [2.05, 4.69) is 26.1 Å². The van der Waals surface area contributed by atoms with Gasteiger partial charge in [-0.2, -0.15) is 0 Å². The largest absolute Gasteiger partial charge is 0.372 e. The second kappa shape index (κ2) is 4.97. The van der Waals surface area contributed by atoms with Crippen molar-refractivity contribution in [3.8, 4) is 0 Å². The van der Waals surface area contributed by atoms with Crippen LogP contribution in [0.5, 0.6) is 0 Å². The summed E-state index contributed by atoms with van der Waals surface area (Å²) in [5.41, 5.74) is 0.141. The van der Waals surface area contributed by atoms with Crippen LogP contribution in [0.4, 0.5) is 0 Å². The van der Waals surface area contributed by atoms with Crippen molar-refractivity contribution >= 4 is 0 Å². The molecule has 78 valence electrons. The van der Waals surface area contributed by atoms with Crippen molar-refractivity contribution in [3.05, 3.63) is 0 Å². The zero-order chi connectivity index (χ0) is 9.73. The molecule has 0 unspecified atom stereocenters. The average Bonchev–Trinajstić information content (AvgIpc) is 2.15. The van der Waals surface area contributed by atoms with E-state index >= 15 is 0 Å². The molecule has 0 aliphatic carbocycles. The summed E-state index contributed by atoms with van der Waals surface area (Å²) in [7, 11) is 0. The van der Waals surface area contributed by atoms with Crippen LogP contribution in [-0.4, -0.2) is 24.8 Å². The molecule has 0 spiro atoms. The van der Waals surface area contributed by atoms with Crippen LogP contribution in [0.1, 0.15) is 46.5 Å². The van der Waals surface area contributed by atoms with E-state index in [1.54, 1.807) is 0 Å². The molecule has 0 bridgehead atoms. The van der Waals surface area contributed by atoms with Gasteiger partial charge >= 0.3 is 0 Å². The van der Waals surface area contributed by atoms with Crippen molar-refractivity contribution in [1.82, 2.24) is 5.32 Å². The quantitative estimate of drug-likeness (QED) is 0.726. The van der Waals surface area contributed by atoms with Gasteiger partial charge in [0.1, 0.15) is 0 Å². The third kappa shape index (κ3) is 3.28. The van der Waals surface area contributed by atoms with Gasteiger partial charge in [-0.15, -0.1) is 0 Å². The minimum atomic E-state index is 0.141. The van der Waals surface area contributed by atoms with E-state index < -0.39 is 0 Å². The van der Waals surface area contributed by atoms with Crippen LogP contribution in [-0.2, 0) is 4.74 Å². The highest BCUT2D eigenvalue weighted by atomic mass is 16.5. The molecule has 0 aromatic heterocycles. The maximum absolute atomic E-state index is 6.14. The zero-order valence-electron chi connectivity index (χ0n) is 9.23. The Morgan fingerprint density at radius 3 is 2.23 bits per heavy atom. The minimum Gasteiger partial charge on any atom is -0.372 e. The second-order valence-electron chi connectivity index (χ2n) is 4.26. The first kappa shape index (κ1) is 11.0. The van der Waals surface area contributed by atoms with Crippen LogP contribution in [0.15, 0.2) is 0 Å². The topological polar surface area (TPSA) is 21.3 Å². The molecule has 0 aromatic carbocycles. The molecular formula is C11H23NO. The van der Waals surface area contributed by atoms with Gasteiger partial charge in [0.2, 0.25) is 0 Å². The molecule has 0 atom stereocenters. The first-order chi connectivity index (χ1) is 6.20. The molecule has 1 aliphatic heterocycles. The van der Waals surface area contributed by atoms with E-state index in [0.717, 1.165) is 38.8 Å². The summed E-state index contributed by atoms with van der Waals surface area (Å²) < 4.78 is 6.14. The third-order valence-electron chi connectivity index (χ3n) is 3.02. The van der Waals surface area contributed by atoms with Gasteiger partial charge in [-0.1, -0.05) is 13.8 Å². The summed E-state index contributed by atoms with van der Waals surface area (Å²) in [6.45, 7) is 8.89. The normalized spacial score (nSPS) is 22.2. The molecule has 13 heavy (non-hydrogen) atoms. The Labute approximate surface area is 82.0 Å². The predicted molar refractivity (Wildman–Crippen MR) is 56.0 cm³/mol. The van der Waals surface area contributed by atoms with Gasteiger partial charge < -0.3 is 10.1 Å². The van der Waals surface area contributed by atoms with Gasteiger partial charge in [0.05, 0.1) is 11.7 Å². The fourth-order valence-corrected chi connectivity index (χ4v) is 1.93. The van der Waals surface area contributed by atoms with Crippen LogP contribution in [0.2, 0.25) is 0 Å². The molecular weight excluding hydrogens is 162 g/mol. The molecule has 1 aliphatic rings. The number of ether oxygens (including phenoxy) is 1. The highest BCUT2D eigenvalue weighted by Crippen LogP contribution is 2.25. The van der Waals surface area contributed by atoms with Crippen molar-refractivity contribution in [3.63, 3.8) is 0 Å². The monoisotopic (exact) mass is 185 g/mol. The maximum Gasteiger partial charge on any atom is 0.0682 e. The highest BCUT2D eigenvalue weighted by Gasteiger charge is 2.29. The average molecular weight is 185 g/mol. The number of hydrogen-bond donors (Lipinski definition) is 1. The number of nitrogens with one attached hydrogen (secondary N) is 1. The van der Waals surface area contributed by atoms with Crippen molar-refractivity contribution in [2.75, 3.05) is 13.1 Å². The lowest BCUT2D eigenvalue weighted by Crippen LogP contribution is -2.43. The van der Waals surface area contributed by atoms with Crippen LogP contribution in [0, 0.1) is 0 Å². The van der Waals surface area contributed by atoms with E-state index in [1.165, 1.54) is 0 Å². The fraction of sp³-hybridized carbons (Fsp3) is 1.00. The first-order valence-electron chi connectivity index (χ1n) is 5.58. The molecule has 1 N–H and O–H groups in total. The van der Waals surface area contributed by atoms with E-state index in [-0.39, 0.29) is 5.60 Å². The molecule has 1 fully saturated rings. The van der Waals surface area contributed by atoms with Crippen molar-refractivity contribution in [1.29, 1.82) is 0 Å². The van der Waals surface area contributed by atoms with Crippen molar-refractivity contribution in [2.45, 2.75) is 58.2 Å². The number of rotatable bonds is 4. The Hall–Kier alpha value is -0.0800. The SMILES string of the molecule is CCC(CC)OC1(C)CCNCC1. The Kier molecular flexibility index (Phi) is 4.20. The molecule has 0 aromatic rings. The molecule has 1 saturated heterocycles. The minimum absolute atomic E-state index is 0.141. The smallest absolute Gasteiger partial charge is 0.0682 e. The van der Waals surface area contributed by atoms with Gasteiger partial charge in [-0.05, 0) is 45.7 Å². The Balaban J connectivity index is 2.39. The molecule has 0 amide bonds. The summed E-state index contributed by atoms with van der Waals surface area (Å²) in [6.07, 6.45) is 5.05. The van der Waals surface area contributed by atoms with Gasteiger partial charge in [0.15, 0.2) is 0 Å². The second-order valence-corrected chi connectivity index (χ2v) is 4.26. The lowest BCUT2D eigenvalue weighted by Gasteiger charge is -2.37. The molecule has 2 heteroatoms. The highest BCUT2D eigenvalue weighted by molar-refractivity contribution is 4.82. The summed E-state index contributed by atoms with van der Waals surface area (Å²) in [4.78, 5) is 0. The van der Waals surface area contributed by atoms with Gasteiger partial charge in [-0.3, -0.25) is 0 Å².